The van der Waals surface area contributed by atoms with Crippen molar-refractivity contribution in [1.82, 2.24) is 9.73 Å². The van der Waals surface area contributed by atoms with E-state index in [1.54, 1.807) is 12.3 Å². The second-order valence-electron chi connectivity index (χ2n) is 4.79. The summed E-state index contributed by atoms with van der Waals surface area (Å²) < 4.78 is 26.3. The molecule has 0 aromatic heterocycles. The summed E-state index contributed by atoms with van der Waals surface area (Å²) in [6.07, 6.45) is 2.49. The number of hydrogen-bond donors (Lipinski definition) is 1. The minimum Gasteiger partial charge on any atom is -0.246 e. The molecule has 114 valence electrons. The second-order valence-corrected chi connectivity index (χ2v) is 6.91. The molecule has 21 heavy (non-hydrogen) atoms. The van der Waals surface area contributed by atoms with E-state index >= 15 is 0 Å². The van der Waals surface area contributed by atoms with Crippen LogP contribution in [0, 0.1) is 5.92 Å². The molecule has 0 saturated heterocycles. The van der Waals surface area contributed by atoms with Gasteiger partial charge in [0.1, 0.15) is 0 Å². The summed E-state index contributed by atoms with van der Waals surface area (Å²) in [6.45, 7) is 3.81. The average molecular weight is 330 g/mol. The van der Waals surface area contributed by atoms with Crippen LogP contribution in [0.25, 0.3) is 0 Å². The molecule has 0 spiro atoms. The van der Waals surface area contributed by atoms with E-state index in [2.05, 4.69) is 5.10 Å². The molecule has 6 nitrogen and oxygen atoms in total. The maximum atomic E-state index is 12.1. The lowest BCUT2D eigenvalue weighted by Gasteiger charge is -2.21. The number of sulfonamides is 1. The third-order valence-corrected chi connectivity index (χ3v) is 4.95. The number of nitrogens with one attached hydrogen (secondary N) is 1. The third kappa shape index (κ3) is 3.36. The average Bonchev–Trinajstić information content (AvgIpc) is 2.79. The molecule has 0 aliphatic carbocycles. The van der Waals surface area contributed by atoms with E-state index in [-0.39, 0.29) is 21.9 Å². The standard InChI is InChI=1S/C13H16ClN3O3S/c1-3-10-8-15-17(9(10)2)13(18)16-21(19,20)12-6-4-5-11(14)7-12/h4-10H,3H2,1-2H3,(H,16,18). The Labute approximate surface area is 128 Å². The molecule has 1 aliphatic heterocycles. The van der Waals surface area contributed by atoms with E-state index in [0.717, 1.165) is 11.4 Å². The summed E-state index contributed by atoms with van der Waals surface area (Å²) in [6, 6.07) is 4.77. The Bertz CT molecular complexity index is 675. The van der Waals surface area contributed by atoms with Crippen molar-refractivity contribution in [2.24, 2.45) is 11.0 Å². The molecule has 1 heterocycles. The van der Waals surface area contributed by atoms with Gasteiger partial charge in [-0.25, -0.2) is 22.9 Å². The number of carbonyl (C=O) groups excluding carboxylic acids is 1. The van der Waals surface area contributed by atoms with Crippen LogP contribution in [-0.2, 0) is 10.0 Å². The van der Waals surface area contributed by atoms with Crippen LogP contribution in [-0.4, -0.2) is 31.7 Å². The number of hydrazone groups is 1. The molecule has 0 saturated carbocycles. The van der Waals surface area contributed by atoms with Crippen molar-refractivity contribution < 1.29 is 13.2 Å². The molecule has 2 atom stereocenters. The van der Waals surface area contributed by atoms with Crippen molar-refractivity contribution >= 4 is 33.9 Å². The van der Waals surface area contributed by atoms with Gasteiger partial charge >= 0.3 is 6.03 Å². The normalized spacial score (nSPS) is 21.6. The van der Waals surface area contributed by atoms with Gasteiger partial charge in [0, 0.05) is 17.2 Å². The highest BCUT2D eigenvalue weighted by molar-refractivity contribution is 7.90. The quantitative estimate of drug-likeness (QED) is 0.925. The fourth-order valence-corrected chi connectivity index (χ4v) is 3.34. The summed E-state index contributed by atoms with van der Waals surface area (Å²) in [5, 5.41) is 5.40. The first-order valence-electron chi connectivity index (χ1n) is 6.51. The van der Waals surface area contributed by atoms with Crippen LogP contribution in [0.15, 0.2) is 34.3 Å². The van der Waals surface area contributed by atoms with Crippen molar-refractivity contribution in [3.63, 3.8) is 0 Å². The predicted octanol–water partition coefficient (Wildman–Crippen LogP) is 2.45. The van der Waals surface area contributed by atoms with Gasteiger partial charge < -0.3 is 0 Å². The molecule has 0 radical (unpaired) electrons. The number of halogens is 1. The fraction of sp³-hybridized carbons (Fsp3) is 0.385. The van der Waals surface area contributed by atoms with Crippen LogP contribution < -0.4 is 4.72 Å². The lowest BCUT2D eigenvalue weighted by molar-refractivity contribution is 0.186. The van der Waals surface area contributed by atoms with Crippen molar-refractivity contribution in [3.05, 3.63) is 29.3 Å². The second kappa shape index (κ2) is 6.03. The first-order chi connectivity index (χ1) is 9.85. The van der Waals surface area contributed by atoms with Crippen molar-refractivity contribution in [2.75, 3.05) is 0 Å². The van der Waals surface area contributed by atoms with Gasteiger partial charge in [-0.1, -0.05) is 24.6 Å². The highest BCUT2D eigenvalue weighted by Crippen LogP contribution is 2.21. The van der Waals surface area contributed by atoms with Crippen molar-refractivity contribution in [3.8, 4) is 0 Å². The largest absolute Gasteiger partial charge is 0.351 e. The van der Waals surface area contributed by atoms with E-state index in [4.69, 9.17) is 11.6 Å². The number of carbonyl (C=O) groups is 1. The van der Waals surface area contributed by atoms with Gasteiger partial charge in [0.2, 0.25) is 0 Å². The molecule has 2 unspecified atom stereocenters. The molecule has 8 heteroatoms. The zero-order chi connectivity index (χ0) is 15.6. The number of urea groups is 1. The topological polar surface area (TPSA) is 78.8 Å². The molecule has 1 aliphatic rings. The number of benzene rings is 1. The molecule has 0 bridgehead atoms. The number of rotatable bonds is 3. The molecular formula is C13H16ClN3O3S. The highest BCUT2D eigenvalue weighted by atomic mass is 35.5. The van der Waals surface area contributed by atoms with E-state index in [0.29, 0.717) is 0 Å². The third-order valence-electron chi connectivity index (χ3n) is 3.40. The highest BCUT2D eigenvalue weighted by Gasteiger charge is 2.32. The Morgan fingerprint density at radius 1 is 1.48 bits per heavy atom. The van der Waals surface area contributed by atoms with Crippen molar-refractivity contribution in [2.45, 2.75) is 31.2 Å². The summed E-state index contributed by atoms with van der Waals surface area (Å²) in [5.41, 5.74) is 0. The Kier molecular flexibility index (Phi) is 4.53. The van der Waals surface area contributed by atoms with Gasteiger partial charge in [-0.2, -0.15) is 5.10 Å². The zero-order valence-corrected chi connectivity index (χ0v) is 13.2. The summed E-state index contributed by atoms with van der Waals surface area (Å²) in [7, 11) is -3.97. The molecule has 1 aromatic carbocycles. The van der Waals surface area contributed by atoms with Crippen LogP contribution in [0.1, 0.15) is 20.3 Å². The van der Waals surface area contributed by atoms with Gasteiger partial charge in [-0.3, -0.25) is 0 Å². The minimum atomic E-state index is -3.97. The SMILES string of the molecule is CCC1C=NN(C(=O)NS(=O)(=O)c2cccc(Cl)c2)C1C. The smallest absolute Gasteiger partial charge is 0.246 e. The van der Waals surface area contributed by atoms with Gasteiger partial charge in [-0.15, -0.1) is 0 Å². The van der Waals surface area contributed by atoms with Crippen LogP contribution >= 0.6 is 11.6 Å². The molecule has 1 N–H and O–H groups in total. The van der Waals surface area contributed by atoms with Gasteiger partial charge in [0.25, 0.3) is 10.0 Å². The maximum absolute atomic E-state index is 12.1. The van der Waals surface area contributed by atoms with E-state index in [9.17, 15) is 13.2 Å². The minimum absolute atomic E-state index is 0.0637. The molecule has 2 amide bonds. The summed E-state index contributed by atoms with van der Waals surface area (Å²) in [5.74, 6) is 0.129. The maximum Gasteiger partial charge on any atom is 0.351 e. The van der Waals surface area contributed by atoms with Crippen LogP contribution in [0.3, 0.4) is 0 Å². The summed E-state index contributed by atoms with van der Waals surface area (Å²) in [4.78, 5) is 12.0. The lowest BCUT2D eigenvalue weighted by atomic mass is 10.0. The van der Waals surface area contributed by atoms with Crippen LogP contribution in [0.4, 0.5) is 4.79 Å². The Hall–Kier alpha value is -1.60. The molecule has 0 fully saturated rings. The fourth-order valence-electron chi connectivity index (χ4n) is 2.11. The van der Waals surface area contributed by atoms with E-state index < -0.39 is 16.1 Å². The zero-order valence-electron chi connectivity index (χ0n) is 11.7. The predicted molar refractivity (Wildman–Crippen MR) is 80.7 cm³/mol. The van der Waals surface area contributed by atoms with E-state index in [1.807, 2.05) is 18.6 Å². The van der Waals surface area contributed by atoms with Gasteiger partial charge in [0.15, 0.2) is 0 Å². The molecule has 1 aromatic rings. The first kappa shape index (κ1) is 15.8. The Morgan fingerprint density at radius 3 is 2.76 bits per heavy atom. The first-order valence-corrected chi connectivity index (χ1v) is 8.37. The Balaban J connectivity index is 2.14. The van der Waals surface area contributed by atoms with E-state index in [1.165, 1.54) is 18.2 Å². The van der Waals surface area contributed by atoms with Crippen LogP contribution in [0.2, 0.25) is 5.02 Å². The molecule has 2 rings (SSSR count). The monoisotopic (exact) mass is 329 g/mol. The molecular weight excluding hydrogens is 314 g/mol. The number of amides is 2. The van der Waals surface area contributed by atoms with Gasteiger partial charge in [0.05, 0.1) is 10.9 Å². The number of hydrogen-bond acceptors (Lipinski definition) is 4. The van der Waals surface area contributed by atoms with Crippen molar-refractivity contribution in [1.29, 1.82) is 0 Å². The van der Waals surface area contributed by atoms with Gasteiger partial charge in [-0.05, 0) is 31.5 Å². The Morgan fingerprint density at radius 2 is 2.19 bits per heavy atom. The van der Waals surface area contributed by atoms with Crippen LogP contribution in [0.5, 0.6) is 0 Å². The summed E-state index contributed by atoms with van der Waals surface area (Å²) >= 11 is 5.76. The lowest BCUT2D eigenvalue weighted by Crippen LogP contribution is -2.43. The number of nitrogens with zero attached hydrogens (tertiary/aromatic N) is 2.